The van der Waals surface area contributed by atoms with E-state index in [-0.39, 0.29) is 10.8 Å². The molecule has 0 radical (unpaired) electrons. The molecule has 0 aliphatic carbocycles. The Morgan fingerprint density at radius 1 is 1.31 bits per heavy atom. The number of hydrogen-bond donors (Lipinski definition) is 0. The molecule has 13 heavy (non-hydrogen) atoms. The lowest BCUT2D eigenvalue weighted by Gasteiger charge is -2.33. The smallest absolute Gasteiger partial charge is 0.191 e. The lowest BCUT2D eigenvalue weighted by Crippen LogP contribution is -2.44. The summed E-state index contributed by atoms with van der Waals surface area (Å²) in [7, 11) is 5.88. The maximum Gasteiger partial charge on any atom is 0.191 e. The average molecular weight is 224 g/mol. The first-order chi connectivity index (χ1) is 6.14. The fourth-order valence-corrected chi connectivity index (χ4v) is 3.19. The van der Waals surface area contributed by atoms with Crippen molar-refractivity contribution in [2.75, 3.05) is 27.1 Å². The van der Waals surface area contributed by atoms with Gasteiger partial charge in [-0.05, 0) is 12.2 Å². The van der Waals surface area contributed by atoms with Gasteiger partial charge >= 0.3 is 0 Å². The number of thioether (sulfide) groups is 1. The lowest BCUT2D eigenvalue weighted by molar-refractivity contribution is -0.160. The fourth-order valence-electron chi connectivity index (χ4n) is 1.05. The van der Waals surface area contributed by atoms with E-state index in [1.807, 2.05) is 0 Å². The van der Waals surface area contributed by atoms with E-state index in [0.717, 1.165) is 22.4 Å². The molecular weight excluding hydrogens is 204 g/mol. The molecule has 0 aromatic carbocycles. The van der Waals surface area contributed by atoms with Gasteiger partial charge in [-0.1, -0.05) is 6.92 Å². The van der Waals surface area contributed by atoms with Crippen LogP contribution >= 0.6 is 11.8 Å². The Balaban J connectivity index is 4.21. The lowest BCUT2D eigenvalue weighted by atomic mass is 10.6. The van der Waals surface area contributed by atoms with Crippen LogP contribution < -0.4 is 0 Å². The third kappa shape index (κ3) is 3.99. The summed E-state index contributed by atoms with van der Waals surface area (Å²) in [4.78, 5) is 0. The van der Waals surface area contributed by atoms with E-state index in [2.05, 4.69) is 6.92 Å². The van der Waals surface area contributed by atoms with Gasteiger partial charge in [0.2, 0.25) is 0 Å². The van der Waals surface area contributed by atoms with Crippen LogP contribution in [0.4, 0.5) is 0 Å². The molecule has 0 bridgehead atoms. The Hall–Kier alpha value is 0.447. The van der Waals surface area contributed by atoms with E-state index >= 15 is 0 Å². The first-order valence-electron chi connectivity index (χ1n) is 4.39. The van der Waals surface area contributed by atoms with E-state index in [0.29, 0.717) is 0 Å². The molecule has 0 spiro atoms. The van der Waals surface area contributed by atoms with Crippen molar-refractivity contribution in [1.29, 1.82) is 0 Å². The van der Waals surface area contributed by atoms with E-state index in [4.69, 9.17) is 14.2 Å². The van der Waals surface area contributed by atoms with Crippen LogP contribution in [0.2, 0.25) is 0 Å². The monoisotopic (exact) mass is 224 g/mol. The molecule has 0 fully saturated rings. The normalized spacial score (nSPS) is 16.4. The van der Waals surface area contributed by atoms with Gasteiger partial charge in [-0.25, -0.2) is 0 Å². The van der Waals surface area contributed by atoms with Gasteiger partial charge < -0.3 is 14.2 Å². The summed E-state index contributed by atoms with van der Waals surface area (Å²) < 4.78 is 15.6. The maximum absolute atomic E-state index is 5.46. The summed E-state index contributed by atoms with van der Waals surface area (Å²) >= 11 is 1.77. The summed E-state index contributed by atoms with van der Waals surface area (Å²) in [6.07, 6.45) is 0.874. The largest absolute Gasteiger partial charge is 0.367 e. The van der Waals surface area contributed by atoms with E-state index in [1.165, 1.54) is 0 Å². The summed E-state index contributed by atoms with van der Waals surface area (Å²) in [5.41, 5.74) is 0. The number of hydrogen-bond acceptors (Lipinski definition) is 4. The zero-order chi connectivity index (χ0) is 10.3. The molecule has 0 aliphatic rings. The highest BCUT2D eigenvalue weighted by molar-refractivity contribution is 8.01. The summed E-state index contributed by atoms with van der Waals surface area (Å²) in [6.45, 7) is 2.15. The SMILES string of the molecule is CCCSC([SiH3])(OC)C(OC)OC. The van der Waals surface area contributed by atoms with Gasteiger partial charge in [0.25, 0.3) is 0 Å². The molecule has 0 rings (SSSR count). The minimum atomic E-state index is -0.278. The van der Waals surface area contributed by atoms with E-state index in [9.17, 15) is 0 Å². The first-order valence-corrected chi connectivity index (χ1v) is 6.37. The molecule has 0 heterocycles. The van der Waals surface area contributed by atoms with Gasteiger partial charge in [-0.15, -0.1) is 11.8 Å². The summed E-state index contributed by atoms with van der Waals surface area (Å²) in [5, 5.41) is 0. The second-order valence-electron chi connectivity index (χ2n) is 2.87. The van der Waals surface area contributed by atoms with Crippen molar-refractivity contribution in [2.45, 2.75) is 24.2 Å². The Labute approximate surface area is 87.9 Å². The van der Waals surface area contributed by atoms with Crippen molar-refractivity contribution in [3.63, 3.8) is 0 Å². The molecule has 0 saturated carbocycles. The van der Waals surface area contributed by atoms with Gasteiger partial charge in [0.05, 0.1) is 10.2 Å². The number of methoxy groups -OCH3 is 3. The summed E-state index contributed by atoms with van der Waals surface area (Å²) in [6, 6.07) is 0. The quantitative estimate of drug-likeness (QED) is 0.463. The van der Waals surface area contributed by atoms with Crippen molar-refractivity contribution in [1.82, 2.24) is 0 Å². The zero-order valence-electron chi connectivity index (χ0n) is 9.12. The highest BCUT2D eigenvalue weighted by Crippen LogP contribution is 2.29. The molecule has 0 amide bonds. The topological polar surface area (TPSA) is 27.7 Å². The molecule has 1 atom stereocenters. The molecule has 0 aromatic rings. The third-order valence-electron chi connectivity index (χ3n) is 1.85. The summed E-state index contributed by atoms with van der Waals surface area (Å²) in [5.74, 6) is 1.07. The van der Waals surface area contributed by atoms with Crippen LogP contribution in [0.25, 0.3) is 0 Å². The van der Waals surface area contributed by atoms with Crippen molar-refractivity contribution in [2.24, 2.45) is 0 Å². The van der Waals surface area contributed by atoms with Crippen LogP contribution in [-0.4, -0.2) is 48.2 Å². The Morgan fingerprint density at radius 2 is 1.85 bits per heavy atom. The minimum absolute atomic E-state index is 0.263. The van der Waals surface area contributed by atoms with Crippen LogP contribution in [0.15, 0.2) is 0 Å². The highest BCUT2D eigenvalue weighted by Gasteiger charge is 2.34. The predicted octanol–water partition coefficient (Wildman–Crippen LogP) is 0.414. The first kappa shape index (κ1) is 13.4. The molecule has 0 N–H and O–H groups in total. The van der Waals surface area contributed by atoms with Crippen molar-refractivity contribution >= 4 is 22.0 Å². The van der Waals surface area contributed by atoms with Gasteiger partial charge in [0.15, 0.2) is 6.29 Å². The minimum Gasteiger partial charge on any atom is -0.367 e. The average Bonchev–Trinajstić information content (AvgIpc) is 2.16. The third-order valence-corrected chi connectivity index (χ3v) is 5.14. The van der Waals surface area contributed by atoms with Crippen molar-refractivity contribution < 1.29 is 14.2 Å². The van der Waals surface area contributed by atoms with Crippen molar-refractivity contribution in [3.05, 3.63) is 0 Å². The van der Waals surface area contributed by atoms with Gasteiger partial charge in [0.1, 0.15) is 4.56 Å². The molecule has 1 unspecified atom stereocenters. The van der Waals surface area contributed by atoms with Gasteiger partial charge in [-0.2, -0.15) is 0 Å². The van der Waals surface area contributed by atoms with Crippen LogP contribution in [0, 0.1) is 0 Å². The standard InChI is InChI=1S/C8H20O3SSi/c1-5-6-12-8(13,11-4)7(9-2)10-3/h7H,5-6H2,1-4,13H3. The molecule has 80 valence electrons. The molecule has 0 aromatic heterocycles. The van der Waals surface area contributed by atoms with Gasteiger partial charge in [-0.3, -0.25) is 0 Å². The molecule has 0 saturated heterocycles. The van der Waals surface area contributed by atoms with E-state index in [1.54, 1.807) is 33.1 Å². The number of rotatable bonds is 7. The molecule has 5 heteroatoms. The second kappa shape index (κ2) is 6.84. The Bertz CT molecular complexity index is 133. The van der Waals surface area contributed by atoms with Crippen LogP contribution in [0.1, 0.15) is 13.3 Å². The number of ether oxygens (including phenoxy) is 3. The van der Waals surface area contributed by atoms with Crippen LogP contribution in [-0.2, 0) is 14.2 Å². The zero-order valence-corrected chi connectivity index (χ0v) is 11.9. The van der Waals surface area contributed by atoms with E-state index < -0.39 is 0 Å². The molecular formula is C8H20O3SSi. The van der Waals surface area contributed by atoms with Crippen molar-refractivity contribution in [3.8, 4) is 0 Å². The van der Waals surface area contributed by atoms with Gasteiger partial charge in [0, 0.05) is 21.3 Å². The predicted molar refractivity (Wildman–Crippen MR) is 60.2 cm³/mol. The molecule has 3 nitrogen and oxygen atoms in total. The second-order valence-corrected chi connectivity index (χ2v) is 6.59. The molecule has 0 aliphatic heterocycles. The fraction of sp³-hybridized carbons (Fsp3) is 1.00. The Morgan fingerprint density at radius 3 is 2.15 bits per heavy atom. The van der Waals surface area contributed by atoms with Crippen LogP contribution in [0.5, 0.6) is 0 Å². The van der Waals surface area contributed by atoms with Crippen LogP contribution in [0.3, 0.4) is 0 Å². The maximum atomic E-state index is 5.46. The Kier molecular flexibility index (Phi) is 7.07. The highest BCUT2D eigenvalue weighted by atomic mass is 32.2.